The maximum Gasteiger partial charge on any atom is 0.339 e. The molecule has 0 heterocycles. The molecule has 0 unspecified atom stereocenters. The van der Waals surface area contributed by atoms with Crippen LogP contribution in [0.15, 0.2) is 24.3 Å². The molecule has 58 valence electrons. The SMILES string of the molecule is C[13O]c1ccccc1C(=O)O. The molecule has 0 aromatic heterocycles. The Kier molecular flexibility index (Phi) is 2.11. The molecule has 1 N–H and O–H groups in total. The smallest absolute Gasteiger partial charge is 0.339 e. The third-order valence-corrected chi connectivity index (χ3v) is 1.34. The quantitative estimate of drug-likeness (QED) is 0.691. The lowest BCUT2D eigenvalue weighted by Gasteiger charge is -2.01. The van der Waals surface area contributed by atoms with Crippen LogP contribution >= 0.6 is 0 Å². The summed E-state index contributed by atoms with van der Waals surface area (Å²) in [5, 5.41) is 8.62. The van der Waals surface area contributed by atoms with Gasteiger partial charge in [0.05, 0.1) is 7.11 Å². The maximum atomic E-state index is 10.5. The van der Waals surface area contributed by atoms with E-state index in [-0.39, 0.29) is 5.56 Å². The molecule has 3 nitrogen and oxygen atoms in total. The Balaban J connectivity index is 3.12. The summed E-state index contributed by atoms with van der Waals surface area (Å²) in [5.74, 6) is -0.581. The van der Waals surface area contributed by atoms with Crippen molar-refractivity contribution in [1.29, 1.82) is 0 Å². The number of carboxylic acids is 1. The Hall–Kier alpha value is -1.51. The van der Waals surface area contributed by atoms with Gasteiger partial charge in [0.15, 0.2) is 0 Å². The minimum Gasteiger partial charge on any atom is -0.496 e. The summed E-state index contributed by atoms with van der Waals surface area (Å²) in [6.45, 7) is 0. The van der Waals surface area contributed by atoms with Crippen LogP contribution in [0, 0.1) is 0 Å². The molecule has 1 aromatic rings. The minimum absolute atomic E-state index is 0.190. The lowest BCUT2D eigenvalue weighted by molar-refractivity contribution is 0.0693. The topological polar surface area (TPSA) is 46.5 Å². The van der Waals surface area contributed by atoms with E-state index in [0.29, 0.717) is 5.75 Å². The fraction of sp³-hybridized carbons (Fsp3) is 0.125. The molecule has 3 heteroatoms. The predicted octanol–water partition coefficient (Wildman–Crippen LogP) is 1.39. The Labute approximate surface area is 64.2 Å². The van der Waals surface area contributed by atoms with Crippen molar-refractivity contribution in [2.45, 2.75) is 0 Å². The van der Waals surface area contributed by atoms with Crippen LogP contribution in [0.1, 0.15) is 10.4 Å². The second-order valence-electron chi connectivity index (χ2n) is 2.01. The van der Waals surface area contributed by atoms with Gasteiger partial charge in [-0.15, -0.1) is 0 Å². The molecule has 0 fully saturated rings. The first-order chi connectivity index (χ1) is 5.25. The molecule has 11 heavy (non-hydrogen) atoms. The molecule has 0 aliphatic carbocycles. The van der Waals surface area contributed by atoms with Gasteiger partial charge in [-0.3, -0.25) is 0 Å². The van der Waals surface area contributed by atoms with Crippen LogP contribution in [-0.4, -0.2) is 18.2 Å². The van der Waals surface area contributed by atoms with E-state index >= 15 is 0 Å². The van der Waals surface area contributed by atoms with Crippen LogP contribution in [0.2, 0.25) is 0 Å². The van der Waals surface area contributed by atoms with Crippen molar-refractivity contribution in [3.8, 4) is 5.75 Å². The van der Waals surface area contributed by atoms with Crippen molar-refractivity contribution in [3.05, 3.63) is 29.8 Å². The van der Waals surface area contributed by atoms with Gasteiger partial charge in [-0.2, -0.15) is 0 Å². The van der Waals surface area contributed by atoms with E-state index < -0.39 is 5.97 Å². The average Bonchev–Trinajstić information content (AvgIpc) is 2.04. The number of rotatable bonds is 2. The highest BCUT2D eigenvalue weighted by Crippen LogP contribution is 2.16. The van der Waals surface area contributed by atoms with Gasteiger partial charge in [0.25, 0.3) is 0 Å². The molecule has 0 aliphatic heterocycles. The van der Waals surface area contributed by atoms with Gasteiger partial charge in [0.2, 0.25) is 0 Å². The van der Waals surface area contributed by atoms with E-state index in [0.717, 1.165) is 0 Å². The number of carbonyl (C=O) groups is 1. The third kappa shape index (κ3) is 1.49. The highest BCUT2D eigenvalue weighted by Gasteiger charge is 2.07. The molecular weight excluding hydrogens is 141 g/mol. The van der Waals surface area contributed by atoms with Crippen molar-refractivity contribution < 1.29 is 14.6 Å². The van der Waals surface area contributed by atoms with E-state index in [4.69, 9.17) is 9.84 Å². The van der Waals surface area contributed by atoms with Crippen LogP contribution in [0.3, 0.4) is 0 Å². The van der Waals surface area contributed by atoms with Crippen LogP contribution in [0.25, 0.3) is 0 Å². The summed E-state index contributed by atoms with van der Waals surface area (Å²) in [7, 11) is 1.45. The Morgan fingerprint density at radius 1 is 1.45 bits per heavy atom. The molecule has 0 spiro atoms. The largest absolute Gasteiger partial charge is 0.496 e. The van der Waals surface area contributed by atoms with Crippen molar-refractivity contribution in [2.75, 3.05) is 7.11 Å². The van der Waals surface area contributed by atoms with Gasteiger partial charge in [-0.25, -0.2) is 4.79 Å². The van der Waals surface area contributed by atoms with Crippen LogP contribution < -0.4 is 4.74 Å². The predicted molar refractivity (Wildman–Crippen MR) is 40.0 cm³/mol. The first kappa shape index (κ1) is 7.60. The summed E-state index contributed by atoms with van der Waals surface area (Å²) < 4.78 is 4.83. The molecular formula is C8H8O3. The molecule has 0 bridgehead atoms. The van der Waals surface area contributed by atoms with Gasteiger partial charge >= 0.3 is 5.97 Å². The van der Waals surface area contributed by atoms with Crippen LogP contribution in [0.5, 0.6) is 5.75 Å². The number of para-hydroxylation sites is 1. The zero-order valence-electron chi connectivity index (χ0n) is 6.07. The zero-order valence-corrected chi connectivity index (χ0v) is 6.07. The van der Waals surface area contributed by atoms with Crippen LogP contribution in [0.4, 0.5) is 0 Å². The minimum atomic E-state index is -0.970. The van der Waals surface area contributed by atoms with Crippen molar-refractivity contribution in [2.24, 2.45) is 0 Å². The number of carboxylic acid groups (broad SMARTS) is 1. The normalized spacial score (nSPS) is 9.18. The summed E-state index contributed by atoms with van der Waals surface area (Å²) in [4.78, 5) is 10.5. The summed E-state index contributed by atoms with van der Waals surface area (Å²) in [6.07, 6.45) is 0. The number of methoxy groups -OCH3 is 1. The molecule has 1 aromatic carbocycles. The van der Waals surface area contributed by atoms with Gasteiger partial charge in [0.1, 0.15) is 11.3 Å². The lowest BCUT2D eigenvalue weighted by Crippen LogP contribution is -1.99. The van der Waals surface area contributed by atoms with E-state index in [1.165, 1.54) is 13.2 Å². The van der Waals surface area contributed by atoms with E-state index in [2.05, 4.69) is 0 Å². The molecule has 0 aliphatic rings. The fourth-order valence-corrected chi connectivity index (χ4v) is 0.821. The average molecular weight is 149 g/mol. The maximum absolute atomic E-state index is 10.5. The molecule has 0 saturated carbocycles. The summed E-state index contributed by atoms with van der Waals surface area (Å²) >= 11 is 0. The third-order valence-electron chi connectivity index (χ3n) is 1.34. The van der Waals surface area contributed by atoms with Crippen LogP contribution in [-0.2, 0) is 0 Å². The monoisotopic (exact) mass is 149 g/mol. The van der Waals surface area contributed by atoms with Gasteiger partial charge in [-0.05, 0) is 12.1 Å². The number of hydrogen-bond donors (Lipinski definition) is 1. The van der Waals surface area contributed by atoms with E-state index in [1.54, 1.807) is 18.2 Å². The number of benzene rings is 1. The summed E-state index contributed by atoms with van der Waals surface area (Å²) in [6, 6.07) is 6.50. The molecule has 0 atom stereocenters. The highest BCUT2D eigenvalue weighted by atomic mass is 16.4. The second-order valence-corrected chi connectivity index (χ2v) is 2.01. The Morgan fingerprint density at radius 3 is 2.55 bits per heavy atom. The molecule has 0 amide bonds. The van der Waals surface area contributed by atoms with Crippen molar-refractivity contribution in [1.82, 2.24) is 0 Å². The molecule has 0 radical (unpaired) electrons. The first-order valence-electron chi connectivity index (χ1n) is 3.12. The standard InChI is InChI=1S/C8H8O3/c1-11-7-5-3-2-4-6(7)8(9)10/h2-5H,1H3,(H,9,10)/i11-3. The first-order valence-corrected chi connectivity index (χ1v) is 3.12. The fourth-order valence-electron chi connectivity index (χ4n) is 0.821. The lowest BCUT2D eigenvalue weighted by atomic mass is 10.1. The van der Waals surface area contributed by atoms with Gasteiger partial charge < -0.3 is 9.84 Å². The Bertz CT molecular complexity index is 268. The number of ether oxygens (including phenoxy) is 1. The van der Waals surface area contributed by atoms with E-state index in [1.807, 2.05) is 0 Å². The Morgan fingerprint density at radius 2 is 2.09 bits per heavy atom. The number of hydrogen-bond acceptors (Lipinski definition) is 2. The zero-order chi connectivity index (χ0) is 8.27. The van der Waals surface area contributed by atoms with E-state index in [9.17, 15) is 4.79 Å². The molecule has 1 rings (SSSR count). The number of aromatic carboxylic acids is 1. The van der Waals surface area contributed by atoms with Crippen molar-refractivity contribution >= 4 is 5.97 Å². The van der Waals surface area contributed by atoms with Crippen molar-refractivity contribution in [3.63, 3.8) is 0 Å². The summed E-state index contributed by atoms with van der Waals surface area (Å²) in [5.41, 5.74) is 0.190. The molecule has 0 saturated heterocycles. The highest BCUT2D eigenvalue weighted by molar-refractivity contribution is 5.90. The van der Waals surface area contributed by atoms with Gasteiger partial charge in [0, 0.05) is 0 Å². The van der Waals surface area contributed by atoms with Gasteiger partial charge in [-0.1, -0.05) is 12.1 Å². The second kappa shape index (κ2) is 3.05.